The molecule has 0 saturated carbocycles. The van der Waals surface area contributed by atoms with E-state index in [2.05, 4.69) is 23.7 Å². The van der Waals surface area contributed by atoms with E-state index in [1.807, 2.05) is 19.1 Å². The molecule has 5 rings (SSSR count). The van der Waals surface area contributed by atoms with Crippen molar-refractivity contribution in [1.82, 2.24) is 4.68 Å². The second-order valence-electron chi connectivity index (χ2n) is 18.3. The van der Waals surface area contributed by atoms with Crippen LogP contribution in [0.5, 0.6) is 5.75 Å². The van der Waals surface area contributed by atoms with Gasteiger partial charge in [-0.25, -0.2) is 13.6 Å². The number of para-hydroxylation sites is 1. The summed E-state index contributed by atoms with van der Waals surface area (Å²) < 4.78 is 75.0. The molecule has 0 amide bonds. The van der Waals surface area contributed by atoms with Crippen molar-refractivity contribution < 1.29 is 41.5 Å². The quantitative estimate of drug-likeness (QED) is 0.0276. The Hall–Kier alpha value is -3.64. The Bertz CT molecular complexity index is 2130. The molecule has 13 nitrogen and oxygen atoms in total. The zero-order valence-corrected chi connectivity index (χ0v) is 42.0. The molecule has 2 fully saturated rings. The fourth-order valence-corrected chi connectivity index (χ4v) is 10.4. The minimum absolute atomic E-state index is 0.000586. The van der Waals surface area contributed by atoms with Gasteiger partial charge in [-0.2, -0.15) is 10.4 Å². The minimum Gasteiger partial charge on any atom is -0.402 e. The fraction of sp³-hybridized carbons (Fsp3) is 0.627. The van der Waals surface area contributed by atoms with Gasteiger partial charge in [-0.15, -0.1) is 0 Å². The number of nitriles is 1. The summed E-state index contributed by atoms with van der Waals surface area (Å²) in [5, 5.41) is 13.9. The smallest absolute Gasteiger partial charge is 0.402 e. The number of hydrogen-bond donors (Lipinski definition) is 1. The summed E-state index contributed by atoms with van der Waals surface area (Å²) in [6.07, 6.45) is 19.1. The van der Waals surface area contributed by atoms with Crippen LogP contribution in [0.15, 0.2) is 64.7 Å². The molecule has 2 aliphatic heterocycles. The lowest BCUT2D eigenvalue weighted by molar-refractivity contribution is -0.212. The molecule has 67 heavy (non-hydrogen) atoms. The van der Waals surface area contributed by atoms with E-state index in [0.29, 0.717) is 23.4 Å². The number of phosphoric acid groups is 1. The van der Waals surface area contributed by atoms with Crippen molar-refractivity contribution in [1.29, 1.82) is 5.26 Å². The summed E-state index contributed by atoms with van der Waals surface area (Å²) in [5.41, 5.74) is 6.81. The van der Waals surface area contributed by atoms with Gasteiger partial charge in [0.15, 0.2) is 5.79 Å². The molecule has 3 aromatic rings. The summed E-state index contributed by atoms with van der Waals surface area (Å²) in [6, 6.07) is 16.3. The van der Waals surface area contributed by atoms with E-state index in [1.54, 1.807) is 62.0 Å². The summed E-state index contributed by atoms with van der Waals surface area (Å²) in [6.45, 7) is 11.0. The van der Waals surface area contributed by atoms with Gasteiger partial charge in [0.2, 0.25) is 0 Å². The van der Waals surface area contributed by atoms with Gasteiger partial charge in [0.25, 0.3) is 0 Å². The Labute approximate surface area is 403 Å². The zero-order valence-electron chi connectivity index (χ0n) is 40.4. The predicted molar refractivity (Wildman–Crippen MR) is 262 cm³/mol. The van der Waals surface area contributed by atoms with Crippen molar-refractivity contribution in [3.8, 4) is 11.8 Å². The lowest BCUT2D eigenvalue weighted by atomic mass is 9.93. The first-order chi connectivity index (χ1) is 32.2. The monoisotopic (exact) mass is 969 g/mol. The molecule has 2 aromatic carbocycles. The van der Waals surface area contributed by atoms with Gasteiger partial charge in [-0.1, -0.05) is 140 Å². The third-order valence-electron chi connectivity index (χ3n) is 12.5. The molecule has 0 spiro atoms. The number of nitrogens with zero attached hydrogens (tertiary/aromatic N) is 4. The lowest BCUT2D eigenvalue weighted by Crippen LogP contribution is -2.39. The third kappa shape index (κ3) is 16.2. The number of phosphoric ester groups is 1. The fourth-order valence-electron chi connectivity index (χ4n) is 8.93. The van der Waals surface area contributed by atoms with Crippen LogP contribution in [0.3, 0.4) is 0 Å². The second kappa shape index (κ2) is 26.9. The molecule has 370 valence electrons. The van der Waals surface area contributed by atoms with Gasteiger partial charge in [0, 0.05) is 13.8 Å². The molecule has 2 aliphatic rings. The highest BCUT2D eigenvalue weighted by molar-refractivity contribution is 7.48. The molecule has 1 aromatic heterocycles. The first kappa shape index (κ1) is 54.3. The minimum atomic E-state index is -4.49. The van der Waals surface area contributed by atoms with E-state index in [-0.39, 0.29) is 42.0 Å². The summed E-state index contributed by atoms with van der Waals surface area (Å²) in [5.74, 6) is -1.18. The van der Waals surface area contributed by atoms with Gasteiger partial charge in [-0.05, 0) is 75.2 Å². The van der Waals surface area contributed by atoms with Crippen LogP contribution in [0.25, 0.3) is 0 Å². The molecule has 6 atom stereocenters. The van der Waals surface area contributed by atoms with Crippen molar-refractivity contribution in [2.45, 2.75) is 186 Å². The van der Waals surface area contributed by atoms with Crippen molar-refractivity contribution in [3.05, 3.63) is 88.0 Å². The molecule has 0 aliphatic carbocycles. The molecule has 3 heterocycles. The maximum Gasteiger partial charge on any atom is 0.530 e. The number of halogens is 2. The van der Waals surface area contributed by atoms with E-state index in [1.165, 1.54) is 95.6 Å². The molecular weight excluding hydrogens is 896 g/mol. The number of fused-ring (bicyclic) bond motifs is 1. The summed E-state index contributed by atoms with van der Waals surface area (Å²) in [4.78, 5) is 4.12. The molecule has 0 bridgehead atoms. The van der Waals surface area contributed by atoms with Crippen molar-refractivity contribution in [3.63, 3.8) is 0 Å². The van der Waals surface area contributed by atoms with Crippen LogP contribution in [-0.4, -0.2) is 67.7 Å². The van der Waals surface area contributed by atoms with Crippen molar-refractivity contribution in [2.24, 2.45) is 15.8 Å². The SMILES string of the molecule is C=Nn1c(C(N)=NC)ccc1[C@]1(C)O[C@H](COP(=O)(OC[C@@H](CCCCCCCCCCCCCCCCCCC)OCc2cc(F)cc(C#N)c2)Oc2ccccc2Cl)[C@H]2OC(C)(C)O[C@H]21. The van der Waals surface area contributed by atoms with E-state index in [9.17, 15) is 14.2 Å². The maximum atomic E-state index is 14.8. The lowest BCUT2D eigenvalue weighted by Gasteiger charge is -2.32. The predicted octanol–water partition coefficient (Wildman–Crippen LogP) is 12.9. The van der Waals surface area contributed by atoms with Crippen molar-refractivity contribution in [2.75, 3.05) is 20.3 Å². The average Bonchev–Trinajstić information content (AvgIpc) is 3.97. The number of unbranched alkanes of at least 4 members (excludes halogenated alkanes) is 16. The number of aromatic nitrogens is 1. The molecule has 16 heteroatoms. The van der Waals surface area contributed by atoms with E-state index in [0.717, 1.165) is 25.7 Å². The number of aliphatic imine (C=N–C) groups is 1. The maximum absolute atomic E-state index is 14.8. The summed E-state index contributed by atoms with van der Waals surface area (Å²) in [7, 11) is -2.91. The third-order valence-corrected chi connectivity index (χ3v) is 14.2. The highest BCUT2D eigenvalue weighted by atomic mass is 35.5. The van der Waals surface area contributed by atoms with Crippen LogP contribution in [0.1, 0.15) is 166 Å². The van der Waals surface area contributed by atoms with Gasteiger partial charge < -0.3 is 29.2 Å². The largest absolute Gasteiger partial charge is 0.530 e. The average molecular weight is 971 g/mol. The van der Waals surface area contributed by atoms with Crippen LogP contribution >= 0.6 is 19.4 Å². The number of ether oxygens (including phenoxy) is 4. The van der Waals surface area contributed by atoms with Gasteiger partial charge >= 0.3 is 7.82 Å². The van der Waals surface area contributed by atoms with E-state index < -0.39 is 49.4 Å². The normalized spacial score (nSPS) is 21.5. The van der Waals surface area contributed by atoms with Gasteiger partial charge in [-0.3, -0.25) is 14.0 Å². The number of amidine groups is 1. The van der Waals surface area contributed by atoms with Crippen LogP contribution < -0.4 is 10.3 Å². The number of nitrogens with two attached hydrogens (primary N) is 1. The van der Waals surface area contributed by atoms with Crippen LogP contribution in [-0.2, 0) is 44.8 Å². The Morgan fingerprint density at radius 1 is 0.910 bits per heavy atom. The number of benzene rings is 2. The molecular formula is C51H74ClFN5O8P. The first-order valence-corrected chi connectivity index (χ1v) is 26.2. The Morgan fingerprint density at radius 3 is 2.13 bits per heavy atom. The Balaban J connectivity index is 1.22. The second-order valence-corrected chi connectivity index (χ2v) is 20.3. The number of rotatable bonds is 32. The van der Waals surface area contributed by atoms with Gasteiger partial charge in [0.05, 0.1) is 48.3 Å². The highest BCUT2D eigenvalue weighted by Crippen LogP contribution is 2.54. The highest BCUT2D eigenvalue weighted by Gasteiger charge is 2.63. The first-order valence-electron chi connectivity index (χ1n) is 24.3. The topological polar surface area (TPSA) is 161 Å². The summed E-state index contributed by atoms with van der Waals surface area (Å²) >= 11 is 6.50. The van der Waals surface area contributed by atoms with Crippen LogP contribution in [0.2, 0.25) is 5.02 Å². The van der Waals surface area contributed by atoms with Crippen molar-refractivity contribution >= 4 is 32.0 Å². The zero-order chi connectivity index (χ0) is 48.3. The molecule has 0 radical (unpaired) electrons. The molecule has 2 saturated heterocycles. The van der Waals surface area contributed by atoms with Gasteiger partial charge in [0.1, 0.15) is 47.0 Å². The standard InChI is InChI=1S/C51H74ClFN5O8P/c1-7-8-9-10-11-12-13-14-15-16-17-18-19-20-21-22-23-26-41(60-35-39-31-38(34-54)32-40(53)33-39)36-61-67(59,66-44-28-25-24-27-42(44)52)62-37-45-47-48(65-50(2,3)64-47)51(4,63-45)46-30-29-43(49(55)56-5)58(46)57-6/h24-25,27-33,41,45,47-48H,6-23,26,35-37H2,1-5H3,(H2,55,56)/t41-,45-,47-,48-,51+,67?/m1/s1. The van der Waals surface area contributed by atoms with Crippen LogP contribution in [0.4, 0.5) is 4.39 Å². The van der Waals surface area contributed by atoms with E-state index in [4.69, 9.17) is 49.9 Å². The van der Waals surface area contributed by atoms with Crippen LogP contribution in [0, 0.1) is 17.1 Å². The molecule has 2 N–H and O–H groups in total. The Morgan fingerprint density at radius 2 is 1.54 bits per heavy atom. The molecule has 1 unspecified atom stereocenters. The van der Waals surface area contributed by atoms with E-state index >= 15 is 0 Å². The Kier molecular flexibility index (Phi) is 21.8. The number of hydrogen-bond acceptors (Lipinski definition) is 11.